The van der Waals surface area contributed by atoms with Gasteiger partial charge in [-0.15, -0.1) is 0 Å². The number of hydrogen-bond donors (Lipinski definition) is 1. The lowest BCUT2D eigenvalue weighted by atomic mass is 10.1. The highest BCUT2D eigenvalue weighted by Crippen LogP contribution is 2.40. The molecule has 1 aliphatic heterocycles. The van der Waals surface area contributed by atoms with Crippen molar-refractivity contribution in [1.29, 1.82) is 0 Å². The van der Waals surface area contributed by atoms with Crippen molar-refractivity contribution < 1.29 is 14.3 Å². The molecule has 0 spiro atoms. The number of hydrogen-bond acceptors (Lipinski definition) is 4. The number of amides is 2. The van der Waals surface area contributed by atoms with Crippen molar-refractivity contribution in [3.63, 3.8) is 0 Å². The van der Waals surface area contributed by atoms with Crippen LogP contribution < -0.4 is 15.0 Å². The van der Waals surface area contributed by atoms with E-state index in [-0.39, 0.29) is 18.2 Å². The SMILES string of the molecule is COc1cccc(CCn2ccnc2-c2ccc(N3C(=O)CC(=O)Nc4c3ccc3ccccc43)cc2)c1. The van der Waals surface area contributed by atoms with Crippen LogP contribution in [-0.4, -0.2) is 28.5 Å². The molecular weight excluding hydrogens is 476 g/mol. The summed E-state index contributed by atoms with van der Waals surface area (Å²) in [5.41, 5.74) is 4.14. The van der Waals surface area contributed by atoms with Crippen molar-refractivity contribution in [2.75, 3.05) is 17.3 Å². The molecule has 0 atom stereocenters. The van der Waals surface area contributed by atoms with Gasteiger partial charge in [0.2, 0.25) is 11.8 Å². The number of rotatable bonds is 6. The lowest BCUT2D eigenvalue weighted by Crippen LogP contribution is -2.26. The average molecular weight is 503 g/mol. The van der Waals surface area contributed by atoms with Gasteiger partial charge in [0.15, 0.2) is 0 Å². The number of anilines is 3. The number of methoxy groups -OCH3 is 1. The molecule has 7 heteroatoms. The van der Waals surface area contributed by atoms with Crippen molar-refractivity contribution in [2.24, 2.45) is 0 Å². The van der Waals surface area contributed by atoms with Gasteiger partial charge in [-0.2, -0.15) is 0 Å². The standard InChI is InChI=1S/C31H26N4O3/c1-38-25-7-4-5-21(19-25)15-17-34-18-16-32-31(34)23-9-12-24(13-10-23)35-27-14-11-22-6-2-3-8-26(22)30(27)33-28(36)20-29(35)37/h2-14,16,18-19H,15,17,20H2,1H3,(H,33,36). The predicted octanol–water partition coefficient (Wildman–Crippen LogP) is 5.96. The Morgan fingerprint density at radius 2 is 1.79 bits per heavy atom. The summed E-state index contributed by atoms with van der Waals surface area (Å²) >= 11 is 0. The van der Waals surface area contributed by atoms with Gasteiger partial charge in [-0.1, -0.05) is 42.5 Å². The van der Waals surface area contributed by atoms with E-state index in [9.17, 15) is 9.59 Å². The highest BCUT2D eigenvalue weighted by atomic mass is 16.5. The number of ether oxygens (including phenoxy) is 1. The molecule has 0 radical (unpaired) electrons. The van der Waals surface area contributed by atoms with E-state index in [0.717, 1.165) is 40.9 Å². The summed E-state index contributed by atoms with van der Waals surface area (Å²) in [4.78, 5) is 32.0. The maximum absolute atomic E-state index is 13.2. The van der Waals surface area contributed by atoms with Gasteiger partial charge >= 0.3 is 0 Å². The van der Waals surface area contributed by atoms with Crippen LogP contribution in [0.15, 0.2) is 97.3 Å². The van der Waals surface area contributed by atoms with Crippen molar-refractivity contribution >= 4 is 39.6 Å². The Labute approximate surface area is 220 Å². The van der Waals surface area contributed by atoms with E-state index < -0.39 is 0 Å². The number of fused-ring (bicyclic) bond motifs is 3. The number of imidazole rings is 1. The first-order valence-corrected chi connectivity index (χ1v) is 12.5. The smallest absolute Gasteiger partial charge is 0.241 e. The van der Waals surface area contributed by atoms with E-state index in [2.05, 4.69) is 20.9 Å². The molecule has 0 saturated heterocycles. The topological polar surface area (TPSA) is 76.5 Å². The molecule has 1 N–H and O–H groups in total. The van der Waals surface area contributed by atoms with Crippen LogP contribution in [0.5, 0.6) is 5.75 Å². The first-order chi connectivity index (χ1) is 18.6. The summed E-state index contributed by atoms with van der Waals surface area (Å²) in [5, 5.41) is 4.84. The Hall–Kier alpha value is -4.91. The molecule has 1 aliphatic rings. The molecule has 188 valence electrons. The molecule has 5 aromatic rings. The van der Waals surface area contributed by atoms with Crippen molar-refractivity contribution in [2.45, 2.75) is 19.4 Å². The normalized spacial score (nSPS) is 13.2. The van der Waals surface area contributed by atoms with E-state index in [1.54, 1.807) is 18.2 Å². The Morgan fingerprint density at radius 3 is 2.63 bits per heavy atom. The second-order valence-electron chi connectivity index (χ2n) is 9.23. The minimum Gasteiger partial charge on any atom is -0.497 e. The van der Waals surface area contributed by atoms with Crippen molar-refractivity contribution in [3.05, 3.63) is 103 Å². The Balaban J connectivity index is 1.30. The number of carbonyl (C=O) groups is 2. The third-order valence-corrected chi connectivity index (χ3v) is 6.85. The fourth-order valence-electron chi connectivity index (χ4n) is 4.98. The van der Waals surface area contributed by atoms with Gasteiger partial charge in [-0.05, 0) is 59.8 Å². The van der Waals surface area contributed by atoms with E-state index >= 15 is 0 Å². The van der Waals surface area contributed by atoms with Crippen LogP contribution in [0.4, 0.5) is 17.1 Å². The quantitative estimate of drug-likeness (QED) is 0.291. The van der Waals surface area contributed by atoms with Crippen LogP contribution in [0.1, 0.15) is 12.0 Å². The number of aryl methyl sites for hydroxylation is 2. The van der Waals surface area contributed by atoms with Gasteiger partial charge in [0, 0.05) is 35.6 Å². The fourth-order valence-corrected chi connectivity index (χ4v) is 4.98. The maximum atomic E-state index is 13.2. The zero-order valence-corrected chi connectivity index (χ0v) is 20.9. The second-order valence-corrected chi connectivity index (χ2v) is 9.23. The number of carbonyl (C=O) groups excluding carboxylic acids is 2. The molecule has 0 aliphatic carbocycles. The second kappa shape index (κ2) is 9.86. The number of aromatic nitrogens is 2. The minimum atomic E-state index is -0.315. The Bertz CT molecular complexity index is 1660. The predicted molar refractivity (Wildman–Crippen MR) is 149 cm³/mol. The van der Waals surface area contributed by atoms with Gasteiger partial charge in [0.25, 0.3) is 0 Å². The maximum Gasteiger partial charge on any atom is 0.241 e. The highest BCUT2D eigenvalue weighted by molar-refractivity contribution is 6.21. The van der Waals surface area contributed by atoms with E-state index in [1.807, 2.05) is 85.1 Å². The molecule has 6 rings (SSSR count). The molecule has 2 amide bonds. The number of nitrogens with one attached hydrogen (secondary N) is 1. The molecular formula is C31H26N4O3. The first-order valence-electron chi connectivity index (χ1n) is 12.5. The largest absolute Gasteiger partial charge is 0.497 e. The van der Waals surface area contributed by atoms with E-state index in [4.69, 9.17) is 4.74 Å². The van der Waals surface area contributed by atoms with Crippen molar-refractivity contribution in [3.8, 4) is 17.1 Å². The highest BCUT2D eigenvalue weighted by Gasteiger charge is 2.28. The molecule has 2 heterocycles. The zero-order chi connectivity index (χ0) is 26.1. The molecule has 0 fully saturated rings. The van der Waals surface area contributed by atoms with Crippen LogP contribution in [-0.2, 0) is 22.6 Å². The summed E-state index contributed by atoms with van der Waals surface area (Å²) in [7, 11) is 1.67. The number of benzene rings is 4. The van der Waals surface area contributed by atoms with Gasteiger partial charge in [0.05, 0.1) is 18.5 Å². The molecule has 4 aromatic carbocycles. The molecule has 0 unspecified atom stereocenters. The van der Waals surface area contributed by atoms with Crippen LogP contribution in [0.25, 0.3) is 22.2 Å². The van der Waals surface area contributed by atoms with Gasteiger partial charge in [-0.25, -0.2) is 4.98 Å². The van der Waals surface area contributed by atoms with Gasteiger partial charge < -0.3 is 14.6 Å². The summed E-state index contributed by atoms with van der Waals surface area (Å²) in [6.45, 7) is 0.767. The van der Waals surface area contributed by atoms with Crippen LogP contribution >= 0.6 is 0 Å². The van der Waals surface area contributed by atoms with E-state index in [1.165, 1.54) is 5.56 Å². The number of nitrogens with zero attached hydrogens (tertiary/aromatic N) is 3. The summed E-state index contributed by atoms with van der Waals surface area (Å²) < 4.78 is 7.46. The molecule has 38 heavy (non-hydrogen) atoms. The van der Waals surface area contributed by atoms with Crippen molar-refractivity contribution in [1.82, 2.24) is 9.55 Å². The third kappa shape index (κ3) is 4.39. The van der Waals surface area contributed by atoms with Crippen LogP contribution in [0.2, 0.25) is 0 Å². The van der Waals surface area contributed by atoms with Gasteiger partial charge in [-0.3, -0.25) is 14.5 Å². The minimum absolute atomic E-state index is 0.223. The van der Waals surface area contributed by atoms with Crippen LogP contribution in [0, 0.1) is 0 Å². The average Bonchev–Trinajstić information content (AvgIpc) is 3.37. The fraction of sp³-hybridized carbons (Fsp3) is 0.129. The zero-order valence-electron chi connectivity index (χ0n) is 20.9. The Morgan fingerprint density at radius 1 is 0.947 bits per heavy atom. The molecule has 0 saturated carbocycles. The lowest BCUT2D eigenvalue weighted by molar-refractivity contribution is -0.124. The lowest BCUT2D eigenvalue weighted by Gasteiger charge is -2.23. The monoisotopic (exact) mass is 502 g/mol. The van der Waals surface area contributed by atoms with E-state index in [0.29, 0.717) is 17.1 Å². The third-order valence-electron chi connectivity index (χ3n) is 6.85. The Kier molecular flexibility index (Phi) is 6.09. The molecule has 0 bridgehead atoms. The first kappa shape index (κ1) is 23.5. The summed E-state index contributed by atoms with van der Waals surface area (Å²) in [5.74, 6) is 1.11. The molecule has 1 aromatic heterocycles. The summed E-state index contributed by atoms with van der Waals surface area (Å²) in [6, 6.07) is 27.5. The summed E-state index contributed by atoms with van der Waals surface area (Å²) in [6.07, 6.45) is 4.39. The van der Waals surface area contributed by atoms with Crippen LogP contribution in [0.3, 0.4) is 0 Å². The van der Waals surface area contributed by atoms with Gasteiger partial charge in [0.1, 0.15) is 18.0 Å². The molecule has 7 nitrogen and oxygen atoms in total.